The Morgan fingerprint density at radius 1 is 0.846 bits per heavy atom. The molecule has 1 aromatic heterocycles. The average molecular weight is 356 g/mol. The van der Waals surface area contributed by atoms with Gasteiger partial charge < -0.3 is 10.6 Å². The summed E-state index contributed by atoms with van der Waals surface area (Å²) in [5.41, 5.74) is 0.597. The van der Waals surface area contributed by atoms with Gasteiger partial charge in [0, 0.05) is 17.7 Å². The van der Waals surface area contributed by atoms with E-state index in [1.54, 1.807) is 6.07 Å². The van der Waals surface area contributed by atoms with Crippen molar-refractivity contribution in [2.45, 2.75) is 18.9 Å². The van der Waals surface area contributed by atoms with Crippen LogP contribution in [0.4, 0.5) is 30.5 Å². The molecule has 132 valence electrons. The van der Waals surface area contributed by atoms with Gasteiger partial charge in [-0.3, -0.25) is 0 Å². The van der Waals surface area contributed by atoms with Gasteiger partial charge >= 0.3 is 0 Å². The highest BCUT2D eigenvalue weighted by Crippen LogP contribution is 2.29. The van der Waals surface area contributed by atoms with Gasteiger partial charge in [0.25, 0.3) is 0 Å². The Bertz CT molecular complexity index is 943. The highest BCUT2D eigenvalue weighted by molar-refractivity contribution is 5.65. The molecule has 4 rings (SSSR count). The average Bonchev–Trinajstić information content (AvgIpc) is 3.47. The fourth-order valence-electron chi connectivity index (χ4n) is 2.50. The van der Waals surface area contributed by atoms with E-state index in [0.29, 0.717) is 17.7 Å². The lowest BCUT2D eigenvalue weighted by molar-refractivity contribution is 0.449. The minimum absolute atomic E-state index is 0.195. The number of benzene rings is 2. The molecule has 0 bridgehead atoms. The Labute approximate surface area is 148 Å². The topological polar surface area (TPSA) is 49.8 Å². The van der Waals surface area contributed by atoms with E-state index < -0.39 is 17.5 Å². The number of rotatable bonds is 5. The smallest absolute Gasteiger partial charge is 0.196 e. The Morgan fingerprint density at radius 2 is 1.58 bits per heavy atom. The van der Waals surface area contributed by atoms with Gasteiger partial charge in [-0.2, -0.15) is 0 Å². The zero-order chi connectivity index (χ0) is 18.1. The summed E-state index contributed by atoms with van der Waals surface area (Å²) in [4.78, 5) is 8.86. The first-order chi connectivity index (χ1) is 12.6. The van der Waals surface area contributed by atoms with E-state index in [1.807, 2.05) is 30.3 Å². The molecule has 1 aliphatic rings. The second kappa shape index (κ2) is 6.67. The van der Waals surface area contributed by atoms with Crippen molar-refractivity contribution >= 4 is 17.3 Å². The fourth-order valence-corrected chi connectivity index (χ4v) is 2.50. The molecule has 26 heavy (non-hydrogen) atoms. The minimum atomic E-state index is -1.52. The van der Waals surface area contributed by atoms with Crippen LogP contribution in [0.5, 0.6) is 0 Å². The third-order valence-electron chi connectivity index (χ3n) is 3.99. The molecule has 0 atom stereocenters. The van der Waals surface area contributed by atoms with Crippen molar-refractivity contribution in [2.75, 3.05) is 10.6 Å². The van der Waals surface area contributed by atoms with Crippen molar-refractivity contribution in [3.63, 3.8) is 0 Å². The number of anilines is 3. The van der Waals surface area contributed by atoms with Crippen LogP contribution >= 0.6 is 0 Å². The maximum Gasteiger partial charge on any atom is 0.196 e. The van der Waals surface area contributed by atoms with Crippen LogP contribution in [0.3, 0.4) is 0 Å². The molecular formula is C19H15F3N4. The van der Waals surface area contributed by atoms with Gasteiger partial charge in [-0.15, -0.1) is 0 Å². The van der Waals surface area contributed by atoms with Crippen molar-refractivity contribution in [1.82, 2.24) is 9.97 Å². The lowest BCUT2D eigenvalue weighted by Gasteiger charge is -2.12. The molecule has 4 nitrogen and oxygen atoms in total. The zero-order valence-corrected chi connectivity index (χ0v) is 13.6. The zero-order valence-electron chi connectivity index (χ0n) is 13.6. The summed E-state index contributed by atoms with van der Waals surface area (Å²) in [5, 5.41) is 5.98. The Balaban J connectivity index is 1.71. The molecule has 0 saturated heterocycles. The molecule has 0 amide bonds. The van der Waals surface area contributed by atoms with Crippen LogP contribution in [0.1, 0.15) is 12.8 Å². The first-order valence-electron chi connectivity index (χ1n) is 8.22. The van der Waals surface area contributed by atoms with E-state index in [4.69, 9.17) is 0 Å². The van der Waals surface area contributed by atoms with Crippen molar-refractivity contribution in [3.05, 3.63) is 66.0 Å². The predicted molar refractivity (Wildman–Crippen MR) is 93.7 cm³/mol. The fraction of sp³-hybridized carbons (Fsp3) is 0.158. The van der Waals surface area contributed by atoms with Crippen molar-refractivity contribution in [3.8, 4) is 11.4 Å². The maximum atomic E-state index is 14.0. The molecule has 0 aliphatic heterocycles. The highest BCUT2D eigenvalue weighted by atomic mass is 19.2. The van der Waals surface area contributed by atoms with Crippen LogP contribution in [0, 0.1) is 17.5 Å². The third kappa shape index (κ3) is 3.46. The van der Waals surface area contributed by atoms with Crippen LogP contribution in [-0.2, 0) is 0 Å². The van der Waals surface area contributed by atoms with Crippen LogP contribution < -0.4 is 10.6 Å². The standard InChI is InChI=1S/C19H15F3N4/c20-13-8-9-14(18(22)17(13)21)24-16-10-15(23-12-6-7-12)25-19(26-16)11-4-2-1-3-5-11/h1-5,8-10,12H,6-7H2,(H2,23,24,25,26). The van der Waals surface area contributed by atoms with E-state index in [2.05, 4.69) is 20.6 Å². The largest absolute Gasteiger partial charge is 0.367 e. The normalized spacial score (nSPS) is 13.5. The number of halogens is 3. The summed E-state index contributed by atoms with van der Waals surface area (Å²) in [5.74, 6) is -2.73. The summed E-state index contributed by atoms with van der Waals surface area (Å²) in [6.45, 7) is 0. The summed E-state index contributed by atoms with van der Waals surface area (Å²) in [6.07, 6.45) is 2.12. The summed E-state index contributed by atoms with van der Waals surface area (Å²) < 4.78 is 40.5. The Hall–Kier alpha value is -3.09. The minimum Gasteiger partial charge on any atom is -0.367 e. The molecule has 1 fully saturated rings. The lowest BCUT2D eigenvalue weighted by Crippen LogP contribution is -2.07. The molecule has 1 heterocycles. The third-order valence-corrected chi connectivity index (χ3v) is 3.99. The molecule has 0 unspecified atom stereocenters. The van der Waals surface area contributed by atoms with E-state index >= 15 is 0 Å². The summed E-state index contributed by atoms with van der Waals surface area (Å²) >= 11 is 0. The quantitative estimate of drug-likeness (QED) is 0.640. The van der Waals surface area contributed by atoms with Crippen molar-refractivity contribution in [1.29, 1.82) is 0 Å². The second-order valence-electron chi connectivity index (χ2n) is 6.09. The maximum absolute atomic E-state index is 14.0. The summed E-state index contributed by atoms with van der Waals surface area (Å²) in [6, 6.07) is 13.3. The molecule has 7 heteroatoms. The first kappa shape index (κ1) is 16.4. The van der Waals surface area contributed by atoms with Crippen molar-refractivity contribution in [2.24, 2.45) is 0 Å². The molecule has 0 spiro atoms. The Kier molecular flexibility index (Phi) is 4.20. The number of aromatic nitrogens is 2. The van der Waals surface area contributed by atoms with Crippen LogP contribution in [0.2, 0.25) is 0 Å². The highest BCUT2D eigenvalue weighted by Gasteiger charge is 2.22. The second-order valence-corrected chi connectivity index (χ2v) is 6.09. The SMILES string of the molecule is Fc1ccc(Nc2cc(NC3CC3)nc(-c3ccccc3)n2)c(F)c1F. The van der Waals surface area contributed by atoms with E-state index in [0.717, 1.165) is 30.5 Å². The molecule has 2 aromatic carbocycles. The summed E-state index contributed by atoms with van der Waals surface area (Å²) in [7, 11) is 0. The van der Waals surface area contributed by atoms with Crippen molar-refractivity contribution < 1.29 is 13.2 Å². The predicted octanol–water partition coefficient (Wildman–Crippen LogP) is 4.88. The number of nitrogens with zero attached hydrogens (tertiary/aromatic N) is 2. The van der Waals surface area contributed by atoms with Crippen LogP contribution in [0.15, 0.2) is 48.5 Å². The van der Waals surface area contributed by atoms with Gasteiger partial charge in [-0.05, 0) is 25.0 Å². The Morgan fingerprint density at radius 3 is 2.31 bits per heavy atom. The van der Waals surface area contributed by atoms with Crippen LogP contribution in [0.25, 0.3) is 11.4 Å². The number of hydrogen-bond donors (Lipinski definition) is 2. The molecule has 2 N–H and O–H groups in total. The van der Waals surface area contributed by atoms with Gasteiger partial charge in [-0.25, -0.2) is 23.1 Å². The lowest BCUT2D eigenvalue weighted by atomic mass is 10.2. The van der Waals surface area contributed by atoms with Gasteiger partial charge in [0.1, 0.15) is 11.6 Å². The van der Waals surface area contributed by atoms with E-state index in [-0.39, 0.29) is 11.5 Å². The van der Waals surface area contributed by atoms with E-state index in [1.165, 1.54) is 0 Å². The molecule has 1 aliphatic carbocycles. The van der Waals surface area contributed by atoms with E-state index in [9.17, 15) is 13.2 Å². The molecule has 1 saturated carbocycles. The molecule has 0 radical (unpaired) electrons. The molecular weight excluding hydrogens is 341 g/mol. The van der Waals surface area contributed by atoms with Gasteiger partial charge in [0.2, 0.25) is 0 Å². The van der Waals surface area contributed by atoms with Gasteiger partial charge in [-0.1, -0.05) is 30.3 Å². The number of hydrogen-bond acceptors (Lipinski definition) is 4. The first-order valence-corrected chi connectivity index (χ1v) is 8.22. The van der Waals surface area contributed by atoms with Gasteiger partial charge in [0.15, 0.2) is 23.3 Å². The molecule has 3 aromatic rings. The van der Waals surface area contributed by atoms with Gasteiger partial charge in [0.05, 0.1) is 5.69 Å². The van der Waals surface area contributed by atoms with Crippen LogP contribution in [-0.4, -0.2) is 16.0 Å². The monoisotopic (exact) mass is 356 g/mol. The number of nitrogens with one attached hydrogen (secondary N) is 2.